The summed E-state index contributed by atoms with van der Waals surface area (Å²) in [6.07, 6.45) is 10.2. The summed E-state index contributed by atoms with van der Waals surface area (Å²) in [5, 5.41) is 0. The third kappa shape index (κ3) is 22.2. The first kappa shape index (κ1) is 31.7. The smallest absolute Gasteiger partial charge is 0 e. The second kappa shape index (κ2) is 24.1. The van der Waals surface area contributed by atoms with E-state index in [9.17, 15) is 0 Å². The monoisotopic (exact) mass is 664 g/mol. The molecule has 0 N–H and O–H groups in total. The molecule has 0 atom stereocenters. The zero-order valence-corrected chi connectivity index (χ0v) is 26.5. The van der Waals surface area contributed by atoms with Gasteiger partial charge in [0.2, 0.25) is 0 Å². The number of nitrogens with zero attached hydrogens (tertiary/aromatic N) is 2. The molecular formula is C18H36N2Se4Zn. The SMILES string of the molecule is CCCCN(CCCC)C([Se])=[Se].CCCCN(CCCC)C([Se])=[Se].[Zn]. The molecule has 0 aromatic rings. The zero-order chi connectivity index (χ0) is 18.8. The Morgan fingerprint density at radius 3 is 0.880 bits per heavy atom. The second-order valence-corrected chi connectivity index (χ2v) is 11.8. The van der Waals surface area contributed by atoms with Crippen molar-refractivity contribution >= 4 is 70.1 Å². The van der Waals surface area contributed by atoms with Gasteiger partial charge in [0.05, 0.1) is 0 Å². The minimum atomic E-state index is 0. The van der Waals surface area contributed by atoms with Gasteiger partial charge >= 0.3 is 185 Å². The van der Waals surface area contributed by atoms with E-state index in [1.807, 2.05) is 0 Å². The summed E-state index contributed by atoms with van der Waals surface area (Å²) in [5.41, 5.74) is 0. The van der Waals surface area contributed by atoms with Crippen LogP contribution in [0.3, 0.4) is 0 Å². The third-order valence-electron chi connectivity index (χ3n) is 3.64. The van der Waals surface area contributed by atoms with Gasteiger partial charge in [0.15, 0.2) is 0 Å². The van der Waals surface area contributed by atoms with Crippen LogP contribution in [-0.4, -0.2) is 106 Å². The van der Waals surface area contributed by atoms with E-state index in [0.717, 1.165) is 0 Å². The van der Waals surface area contributed by atoms with Crippen LogP contribution in [0.15, 0.2) is 0 Å². The maximum Gasteiger partial charge on any atom is 0 e. The molecule has 0 aromatic carbocycles. The summed E-state index contributed by atoms with van der Waals surface area (Å²) in [5.74, 6) is 0. The van der Waals surface area contributed by atoms with Gasteiger partial charge in [-0.15, -0.1) is 0 Å². The van der Waals surface area contributed by atoms with E-state index >= 15 is 0 Å². The topological polar surface area (TPSA) is 6.48 Å². The summed E-state index contributed by atoms with van der Waals surface area (Å²) in [4.78, 5) is 4.79. The van der Waals surface area contributed by atoms with Gasteiger partial charge < -0.3 is 0 Å². The van der Waals surface area contributed by atoms with Crippen LogP contribution in [0.25, 0.3) is 0 Å². The van der Waals surface area contributed by atoms with Gasteiger partial charge in [-0.2, -0.15) is 0 Å². The van der Waals surface area contributed by atoms with Crippen LogP contribution in [0.2, 0.25) is 0 Å². The molecule has 7 heteroatoms. The zero-order valence-electron chi connectivity index (χ0n) is 16.7. The Labute approximate surface area is 202 Å². The van der Waals surface area contributed by atoms with Gasteiger partial charge in [-0.25, -0.2) is 0 Å². The first-order valence-corrected chi connectivity index (χ1v) is 12.8. The Hall–Kier alpha value is 2.04. The van der Waals surface area contributed by atoms with Crippen LogP contribution in [0, 0.1) is 0 Å². The molecular weight excluding hydrogens is 625 g/mol. The van der Waals surface area contributed by atoms with Crippen LogP contribution in [0.1, 0.15) is 79.1 Å². The molecule has 0 rings (SSSR count). The molecule has 0 fully saturated rings. The van der Waals surface area contributed by atoms with Crippen molar-refractivity contribution in [2.75, 3.05) is 26.2 Å². The van der Waals surface area contributed by atoms with Crippen molar-refractivity contribution in [3.8, 4) is 0 Å². The first-order valence-electron chi connectivity index (χ1n) is 9.36. The Morgan fingerprint density at radius 1 is 0.560 bits per heavy atom. The summed E-state index contributed by atoms with van der Waals surface area (Å²) in [6.45, 7) is 13.7. The molecule has 0 aromatic heterocycles. The summed E-state index contributed by atoms with van der Waals surface area (Å²) in [7, 11) is 0. The average Bonchev–Trinajstić information content (AvgIpc) is 2.55. The van der Waals surface area contributed by atoms with Crippen molar-refractivity contribution in [2.45, 2.75) is 79.1 Å². The molecule has 0 heterocycles. The quantitative estimate of drug-likeness (QED) is 0.265. The Bertz CT molecular complexity index is 271. The van der Waals surface area contributed by atoms with Crippen molar-refractivity contribution in [1.29, 1.82) is 0 Å². The molecule has 0 aliphatic rings. The Morgan fingerprint density at radius 2 is 0.760 bits per heavy atom. The molecule has 0 aliphatic carbocycles. The van der Waals surface area contributed by atoms with E-state index in [2.05, 4.69) is 101 Å². The van der Waals surface area contributed by atoms with E-state index in [1.54, 1.807) is 0 Å². The number of hydrogen-bond donors (Lipinski definition) is 0. The molecule has 0 spiro atoms. The molecule has 2 nitrogen and oxygen atoms in total. The van der Waals surface area contributed by atoms with Crippen LogP contribution in [-0.2, 0) is 19.5 Å². The van der Waals surface area contributed by atoms with E-state index in [0.29, 0.717) is 0 Å². The van der Waals surface area contributed by atoms with Gasteiger partial charge in [0.1, 0.15) is 0 Å². The maximum atomic E-state index is 3.04. The molecule has 0 unspecified atom stereocenters. The third-order valence-corrected chi connectivity index (χ3v) is 5.81. The fraction of sp³-hybridized carbons (Fsp3) is 0.889. The molecule has 0 saturated carbocycles. The van der Waals surface area contributed by atoms with Crippen LogP contribution < -0.4 is 0 Å². The molecule has 0 amide bonds. The Balaban J connectivity index is -0.000000372. The van der Waals surface area contributed by atoms with Gasteiger partial charge in [0, 0.05) is 19.5 Å². The van der Waals surface area contributed by atoms with Crippen LogP contribution in [0.4, 0.5) is 0 Å². The van der Waals surface area contributed by atoms with Crippen molar-refractivity contribution in [1.82, 2.24) is 9.80 Å². The average molecular weight is 662 g/mol. The number of hydrogen-bond acceptors (Lipinski definition) is 2. The van der Waals surface area contributed by atoms with E-state index in [4.69, 9.17) is 0 Å². The minimum Gasteiger partial charge on any atom is 0 e. The Kier molecular flexibility index (Phi) is 30.6. The number of rotatable bonds is 14. The fourth-order valence-corrected chi connectivity index (χ4v) is 3.52. The van der Waals surface area contributed by atoms with Gasteiger partial charge in [0.25, 0.3) is 0 Å². The standard InChI is InChI=1S/2C9H18NSe2.Zn/c2*1-3-5-7-10(9(11)12)8-6-4-2;/h2*3-8H2,1-2H3;. The van der Waals surface area contributed by atoms with Crippen molar-refractivity contribution in [3.63, 3.8) is 0 Å². The van der Waals surface area contributed by atoms with Gasteiger partial charge in [-0.1, -0.05) is 0 Å². The van der Waals surface area contributed by atoms with Crippen LogP contribution in [0.5, 0.6) is 0 Å². The van der Waals surface area contributed by atoms with E-state index in [-0.39, 0.29) is 19.5 Å². The van der Waals surface area contributed by atoms with Crippen molar-refractivity contribution in [2.24, 2.45) is 0 Å². The largest absolute Gasteiger partial charge is 0 e. The summed E-state index contributed by atoms with van der Waals surface area (Å²) >= 11 is 12.2. The maximum absolute atomic E-state index is 3.04. The molecule has 0 bridgehead atoms. The molecule has 2 radical (unpaired) electrons. The predicted molar refractivity (Wildman–Crippen MR) is 116 cm³/mol. The normalized spacial score (nSPS) is 9.44. The fourth-order valence-electron chi connectivity index (χ4n) is 1.98. The molecule has 0 saturated heterocycles. The predicted octanol–water partition coefficient (Wildman–Crippen LogP) is 2.62. The second-order valence-electron chi connectivity index (χ2n) is 5.92. The molecule has 25 heavy (non-hydrogen) atoms. The first-order chi connectivity index (χ1) is 11.4. The molecule has 144 valence electrons. The summed E-state index contributed by atoms with van der Waals surface area (Å²) < 4.78 is 2.44. The summed E-state index contributed by atoms with van der Waals surface area (Å²) in [6, 6.07) is 0. The van der Waals surface area contributed by atoms with E-state index < -0.39 is 0 Å². The van der Waals surface area contributed by atoms with E-state index in [1.165, 1.54) is 84.4 Å². The van der Waals surface area contributed by atoms with Crippen LogP contribution >= 0.6 is 0 Å². The van der Waals surface area contributed by atoms with Gasteiger partial charge in [-0.05, 0) is 0 Å². The van der Waals surface area contributed by atoms with Crippen molar-refractivity contribution < 1.29 is 19.5 Å². The van der Waals surface area contributed by atoms with Gasteiger partial charge in [-0.3, -0.25) is 0 Å². The van der Waals surface area contributed by atoms with Crippen molar-refractivity contribution in [3.05, 3.63) is 0 Å². The minimum absolute atomic E-state index is 0. The molecule has 0 aliphatic heterocycles. The number of unbranched alkanes of at least 4 members (excludes halogenated alkanes) is 4.